The van der Waals surface area contributed by atoms with Crippen LogP contribution in [0.3, 0.4) is 0 Å². The highest BCUT2D eigenvalue weighted by atomic mass is 15.3. The van der Waals surface area contributed by atoms with Crippen LogP contribution >= 0.6 is 0 Å². The minimum atomic E-state index is 0.159. The molecule has 3 heteroatoms. The fraction of sp³-hybridized carbons (Fsp3) is 0.636. The van der Waals surface area contributed by atoms with Gasteiger partial charge >= 0.3 is 0 Å². The van der Waals surface area contributed by atoms with Crippen molar-refractivity contribution in [3.8, 4) is 0 Å². The quantitative estimate of drug-likeness (QED) is 0.774. The maximum absolute atomic E-state index is 6.18. The summed E-state index contributed by atoms with van der Waals surface area (Å²) in [6, 6.07) is 2.32. The minimum absolute atomic E-state index is 0.159. The summed E-state index contributed by atoms with van der Waals surface area (Å²) >= 11 is 0. The summed E-state index contributed by atoms with van der Waals surface area (Å²) in [6.07, 6.45) is 2.15. The van der Waals surface area contributed by atoms with Crippen LogP contribution in [0.5, 0.6) is 0 Å². The molecule has 0 spiro atoms. The van der Waals surface area contributed by atoms with E-state index in [2.05, 4.69) is 42.6 Å². The molecule has 1 aliphatic heterocycles. The molecule has 0 aliphatic carbocycles. The fourth-order valence-corrected chi connectivity index (χ4v) is 2.08. The summed E-state index contributed by atoms with van der Waals surface area (Å²) in [7, 11) is 2.13. The number of nitrogens with zero attached hydrogens (tertiary/aromatic N) is 2. The molecule has 78 valence electrons. The Labute approximate surface area is 85.5 Å². The number of nitrogens with two attached hydrogens (primary N) is 1. The largest absolute Gasteiger partial charge is 0.359 e. The van der Waals surface area contributed by atoms with Crippen molar-refractivity contribution >= 4 is 5.82 Å². The second-order valence-corrected chi connectivity index (χ2v) is 4.48. The van der Waals surface area contributed by atoms with E-state index in [1.165, 1.54) is 11.4 Å². The van der Waals surface area contributed by atoms with Crippen LogP contribution < -0.4 is 10.6 Å². The standard InChI is InChI=1S/C11H19N3/c1-8(2)10(12)9-4-5-14-7-6-13(3)11(9)14/h4-5,8,10H,6-7,12H2,1-3H3. The second-order valence-electron chi connectivity index (χ2n) is 4.48. The van der Waals surface area contributed by atoms with Crippen LogP contribution in [0, 0.1) is 5.92 Å². The number of aromatic nitrogens is 1. The molecule has 0 amide bonds. The lowest BCUT2D eigenvalue weighted by atomic mass is 9.99. The number of likely N-dealkylation sites (N-methyl/N-ethyl adjacent to an activating group) is 1. The average Bonchev–Trinajstić information content (AvgIpc) is 2.68. The van der Waals surface area contributed by atoms with E-state index in [0.29, 0.717) is 5.92 Å². The molecule has 0 radical (unpaired) electrons. The predicted molar refractivity (Wildman–Crippen MR) is 59.5 cm³/mol. The van der Waals surface area contributed by atoms with E-state index >= 15 is 0 Å². The van der Waals surface area contributed by atoms with Gasteiger partial charge in [-0.3, -0.25) is 0 Å². The Morgan fingerprint density at radius 2 is 2.07 bits per heavy atom. The first-order valence-electron chi connectivity index (χ1n) is 5.27. The van der Waals surface area contributed by atoms with Crippen molar-refractivity contribution < 1.29 is 0 Å². The van der Waals surface area contributed by atoms with Gasteiger partial charge in [0.1, 0.15) is 5.82 Å². The molecule has 1 unspecified atom stereocenters. The van der Waals surface area contributed by atoms with Gasteiger partial charge in [-0.1, -0.05) is 13.8 Å². The zero-order chi connectivity index (χ0) is 10.3. The van der Waals surface area contributed by atoms with Crippen molar-refractivity contribution in [1.82, 2.24) is 4.57 Å². The Balaban J connectivity index is 2.36. The van der Waals surface area contributed by atoms with Crippen LogP contribution in [0.25, 0.3) is 0 Å². The lowest BCUT2D eigenvalue weighted by Gasteiger charge is -2.19. The van der Waals surface area contributed by atoms with Crippen molar-refractivity contribution in [1.29, 1.82) is 0 Å². The van der Waals surface area contributed by atoms with Crippen molar-refractivity contribution in [2.75, 3.05) is 18.5 Å². The van der Waals surface area contributed by atoms with Crippen LogP contribution in [0.4, 0.5) is 5.82 Å². The van der Waals surface area contributed by atoms with Crippen LogP contribution in [-0.2, 0) is 6.54 Å². The van der Waals surface area contributed by atoms with Gasteiger partial charge in [-0.15, -0.1) is 0 Å². The molecule has 0 bridgehead atoms. The highest BCUT2D eigenvalue weighted by Gasteiger charge is 2.23. The molecule has 2 rings (SSSR count). The van der Waals surface area contributed by atoms with Crippen molar-refractivity contribution in [3.63, 3.8) is 0 Å². The first-order valence-corrected chi connectivity index (χ1v) is 5.27. The lowest BCUT2D eigenvalue weighted by Crippen LogP contribution is -2.20. The molecule has 0 saturated heterocycles. The normalized spacial score (nSPS) is 17.6. The van der Waals surface area contributed by atoms with Gasteiger partial charge < -0.3 is 15.2 Å². The number of hydrogen-bond acceptors (Lipinski definition) is 2. The number of rotatable bonds is 2. The summed E-state index contributed by atoms with van der Waals surface area (Å²) < 4.78 is 2.29. The maximum atomic E-state index is 6.18. The molecule has 0 fully saturated rings. The second kappa shape index (κ2) is 3.31. The average molecular weight is 193 g/mol. The molecule has 2 heterocycles. The monoisotopic (exact) mass is 193 g/mol. The third kappa shape index (κ3) is 1.32. The third-order valence-corrected chi connectivity index (χ3v) is 3.08. The number of fused-ring (bicyclic) bond motifs is 1. The van der Waals surface area contributed by atoms with Crippen LogP contribution in [0.15, 0.2) is 12.3 Å². The first-order chi connectivity index (χ1) is 6.61. The van der Waals surface area contributed by atoms with Gasteiger partial charge in [0.25, 0.3) is 0 Å². The molecule has 1 aliphatic rings. The van der Waals surface area contributed by atoms with Gasteiger partial charge in [-0.05, 0) is 12.0 Å². The van der Waals surface area contributed by atoms with Gasteiger partial charge in [0.2, 0.25) is 0 Å². The topological polar surface area (TPSA) is 34.2 Å². The molecule has 0 saturated carbocycles. The van der Waals surface area contributed by atoms with E-state index in [0.717, 1.165) is 13.1 Å². The van der Waals surface area contributed by atoms with Gasteiger partial charge in [0, 0.05) is 37.9 Å². The Morgan fingerprint density at radius 3 is 2.71 bits per heavy atom. The van der Waals surface area contributed by atoms with Crippen LogP contribution in [0.1, 0.15) is 25.5 Å². The summed E-state index contributed by atoms with van der Waals surface area (Å²) in [5.41, 5.74) is 7.47. The zero-order valence-corrected chi connectivity index (χ0v) is 9.20. The SMILES string of the molecule is CC(C)C(N)c1ccn2c1N(C)CC2. The smallest absolute Gasteiger partial charge is 0.113 e. The van der Waals surface area contributed by atoms with Gasteiger partial charge in [-0.2, -0.15) is 0 Å². The molecule has 1 atom stereocenters. The Kier molecular flexibility index (Phi) is 2.27. The molecular formula is C11H19N3. The van der Waals surface area contributed by atoms with Crippen LogP contribution in [0.2, 0.25) is 0 Å². The van der Waals surface area contributed by atoms with Gasteiger partial charge in [-0.25, -0.2) is 0 Å². The molecule has 1 aromatic rings. The lowest BCUT2D eigenvalue weighted by molar-refractivity contribution is 0.515. The van der Waals surface area contributed by atoms with E-state index in [9.17, 15) is 0 Å². The van der Waals surface area contributed by atoms with Crippen LogP contribution in [-0.4, -0.2) is 18.2 Å². The van der Waals surface area contributed by atoms with Gasteiger partial charge in [0.15, 0.2) is 0 Å². The first kappa shape index (κ1) is 9.59. The molecule has 0 aromatic carbocycles. The summed E-state index contributed by atoms with van der Waals surface area (Å²) in [6.45, 7) is 6.54. The van der Waals surface area contributed by atoms with Crippen molar-refractivity contribution in [2.45, 2.75) is 26.4 Å². The maximum Gasteiger partial charge on any atom is 0.113 e. The molecule has 14 heavy (non-hydrogen) atoms. The minimum Gasteiger partial charge on any atom is -0.359 e. The summed E-state index contributed by atoms with van der Waals surface area (Å²) in [4.78, 5) is 2.29. The zero-order valence-electron chi connectivity index (χ0n) is 9.20. The van der Waals surface area contributed by atoms with Gasteiger partial charge in [0.05, 0.1) is 0 Å². The third-order valence-electron chi connectivity index (χ3n) is 3.08. The highest BCUT2D eigenvalue weighted by molar-refractivity contribution is 5.52. The van der Waals surface area contributed by atoms with E-state index in [1.54, 1.807) is 0 Å². The van der Waals surface area contributed by atoms with Crippen molar-refractivity contribution in [2.24, 2.45) is 11.7 Å². The fourth-order valence-electron chi connectivity index (χ4n) is 2.08. The molecular weight excluding hydrogens is 174 g/mol. The predicted octanol–water partition coefficient (Wildman–Crippen LogP) is 1.59. The Bertz CT molecular complexity index is 327. The Morgan fingerprint density at radius 1 is 1.36 bits per heavy atom. The molecule has 1 aromatic heterocycles. The molecule has 3 nitrogen and oxygen atoms in total. The van der Waals surface area contributed by atoms with E-state index < -0.39 is 0 Å². The van der Waals surface area contributed by atoms with E-state index in [1.807, 2.05) is 0 Å². The van der Waals surface area contributed by atoms with E-state index in [4.69, 9.17) is 5.73 Å². The van der Waals surface area contributed by atoms with E-state index in [-0.39, 0.29) is 6.04 Å². The highest BCUT2D eigenvalue weighted by Crippen LogP contribution is 2.32. The Hall–Kier alpha value is -0.960. The molecule has 2 N–H and O–H groups in total. The number of anilines is 1. The summed E-state index contributed by atoms with van der Waals surface area (Å²) in [5, 5.41) is 0. The van der Waals surface area contributed by atoms with Crippen molar-refractivity contribution in [3.05, 3.63) is 17.8 Å². The summed E-state index contributed by atoms with van der Waals surface area (Å²) in [5.74, 6) is 1.81. The number of hydrogen-bond donors (Lipinski definition) is 1.